The summed E-state index contributed by atoms with van der Waals surface area (Å²) in [5, 5.41) is 16.1. The van der Waals surface area contributed by atoms with Crippen LogP contribution in [0, 0.1) is 0 Å². The number of methoxy groups -OCH3 is 2. The lowest BCUT2D eigenvalue weighted by Crippen LogP contribution is -2.31. The Hall–Kier alpha value is -5.11. The van der Waals surface area contributed by atoms with E-state index in [0.29, 0.717) is 28.2 Å². The van der Waals surface area contributed by atoms with Gasteiger partial charge in [0.1, 0.15) is 18.0 Å². The smallest absolute Gasteiger partial charge is 0.405 e. The van der Waals surface area contributed by atoms with Gasteiger partial charge in [0.15, 0.2) is 11.6 Å². The first-order valence-electron chi connectivity index (χ1n) is 11.3. The second-order valence-electron chi connectivity index (χ2n) is 7.98. The van der Waals surface area contributed by atoms with Crippen LogP contribution in [0.3, 0.4) is 0 Å². The summed E-state index contributed by atoms with van der Waals surface area (Å²) in [6.07, 6.45) is -1.36. The molecule has 5 N–H and O–H groups in total. The normalized spacial score (nSPS) is 10.9. The maximum atomic E-state index is 13.3. The molecule has 202 valence electrons. The standard InChI is InChI=1S/C25H24N6O7S/c1-37-17-10-16(11-18(13-17)38-2)28-23-24(30-21-9-4-3-8-20(21)29-23)31-39(35,36)19-7-5-6-15(12-19)27-22(32)14-26-25(33)34/h3-13,26H,14H2,1-2H3,(H,27,32)(H,28,29)(H,30,31)(H,33,34). The molecule has 0 bridgehead atoms. The van der Waals surface area contributed by atoms with E-state index in [9.17, 15) is 18.0 Å². The number of rotatable bonds is 10. The van der Waals surface area contributed by atoms with E-state index in [1.54, 1.807) is 42.5 Å². The van der Waals surface area contributed by atoms with Crippen LogP contribution in [0.25, 0.3) is 11.0 Å². The first-order valence-corrected chi connectivity index (χ1v) is 12.8. The van der Waals surface area contributed by atoms with Gasteiger partial charge in [0.2, 0.25) is 5.91 Å². The first kappa shape index (κ1) is 26.9. The van der Waals surface area contributed by atoms with Gasteiger partial charge in [-0.15, -0.1) is 0 Å². The zero-order valence-electron chi connectivity index (χ0n) is 20.8. The summed E-state index contributed by atoms with van der Waals surface area (Å²) in [5.41, 5.74) is 1.64. The van der Waals surface area contributed by atoms with Crippen molar-refractivity contribution in [3.05, 3.63) is 66.7 Å². The Morgan fingerprint density at radius 1 is 0.846 bits per heavy atom. The van der Waals surface area contributed by atoms with Crippen molar-refractivity contribution in [1.29, 1.82) is 0 Å². The fourth-order valence-electron chi connectivity index (χ4n) is 3.46. The molecule has 3 aromatic carbocycles. The number of nitrogens with zero attached hydrogens (tertiary/aromatic N) is 2. The second-order valence-corrected chi connectivity index (χ2v) is 9.66. The van der Waals surface area contributed by atoms with Crippen LogP contribution in [0.5, 0.6) is 11.5 Å². The Balaban J connectivity index is 1.67. The molecule has 4 rings (SSSR count). The van der Waals surface area contributed by atoms with Gasteiger partial charge in [-0.2, -0.15) is 0 Å². The number of hydrogen-bond donors (Lipinski definition) is 5. The lowest BCUT2D eigenvalue weighted by atomic mass is 10.2. The summed E-state index contributed by atoms with van der Waals surface area (Å²) in [7, 11) is -1.20. The van der Waals surface area contributed by atoms with E-state index in [2.05, 4.69) is 25.3 Å². The minimum absolute atomic E-state index is 0.0735. The van der Waals surface area contributed by atoms with Crippen LogP contribution >= 0.6 is 0 Å². The zero-order chi connectivity index (χ0) is 28.0. The Morgan fingerprint density at radius 3 is 2.10 bits per heavy atom. The van der Waals surface area contributed by atoms with Crippen molar-refractivity contribution < 1.29 is 32.6 Å². The third kappa shape index (κ3) is 6.81. The van der Waals surface area contributed by atoms with E-state index in [1.165, 1.54) is 38.5 Å². The van der Waals surface area contributed by atoms with Gasteiger partial charge >= 0.3 is 6.09 Å². The number of nitrogens with one attached hydrogen (secondary N) is 4. The number of ether oxygens (including phenoxy) is 2. The number of para-hydroxylation sites is 2. The topological polar surface area (TPSA) is 181 Å². The van der Waals surface area contributed by atoms with Gasteiger partial charge in [0, 0.05) is 29.6 Å². The summed E-state index contributed by atoms with van der Waals surface area (Å²) in [6.45, 7) is -0.499. The molecule has 0 aliphatic heterocycles. The quantitative estimate of drug-likeness (QED) is 0.196. The van der Waals surface area contributed by atoms with Crippen molar-refractivity contribution in [2.45, 2.75) is 4.90 Å². The Labute approximate surface area is 223 Å². The van der Waals surface area contributed by atoms with Gasteiger partial charge in [-0.3, -0.25) is 9.52 Å². The van der Waals surface area contributed by atoms with Crippen molar-refractivity contribution in [1.82, 2.24) is 15.3 Å². The minimum atomic E-state index is -4.21. The molecule has 1 aromatic heterocycles. The molecule has 14 heteroatoms. The fraction of sp³-hybridized carbons (Fsp3) is 0.120. The van der Waals surface area contributed by atoms with Crippen LogP contribution in [-0.2, 0) is 14.8 Å². The zero-order valence-corrected chi connectivity index (χ0v) is 21.6. The maximum absolute atomic E-state index is 13.3. The molecule has 39 heavy (non-hydrogen) atoms. The van der Waals surface area contributed by atoms with Crippen LogP contribution in [0.4, 0.5) is 27.8 Å². The van der Waals surface area contributed by atoms with E-state index in [4.69, 9.17) is 14.6 Å². The molecule has 2 amide bonds. The molecule has 0 saturated heterocycles. The van der Waals surface area contributed by atoms with E-state index in [1.807, 2.05) is 5.32 Å². The largest absolute Gasteiger partial charge is 0.497 e. The Bertz CT molecular complexity index is 1620. The Kier molecular flexibility index (Phi) is 7.96. The number of carbonyl (C=O) groups excluding carboxylic acids is 1. The van der Waals surface area contributed by atoms with E-state index >= 15 is 0 Å². The highest BCUT2D eigenvalue weighted by Gasteiger charge is 2.20. The monoisotopic (exact) mass is 552 g/mol. The molecule has 13 nitrogen and oxygen atoms in total. The van der Waals surface area contributed by atoms with Crippen LogP contribution in [0.15, 0.2) is 71.6 Å². The number of aromatic nitrogens is 2. The third-order valence-electron chi connectivity index (χ3n) is 5.24. The second kappa shape index (κ2) is 11.5. The summed E-state index contributed by atoms with van der Waals surface area (Å²) in [6, 6.07) is 17.5. The molecule has 4 aromatic rings. The molecule has 0 saturated carbocycles. The van der Waals surface area contributed by atoms with Crippen molar-refractivity contribution >= 4 is 56.1 Å². The molecule has 0 fully saturated rings. The van der Waals surface area contributed by atoms with Crippen LogP contribution in [-0.4, -0.2) is 56.3 Å². The van der Waals surface area contributed by atoms with E-state index < -0.39 is 28.6 Å². The summed E-state index contributed by atoms with van der Waals surface area (Å²) in [5.74, 6) is 0.392. The predicted octanol–water partition coefficient (Wildman–Crippen LogP) is 3.40. The van der Waals surface area contributed by atoms with Crippen LogP contribution < -0.4 is 30.1 Å². The molecule has 0 spiro atoms. The van der Waals surface area contributed by atoms with Gasteiger partial charge in [-0.1, -0.05) is 18.2 Å². The third-order valence-corrected chi connectivity index (χ3v) is 6.58. The average Bonchev–Trinajstić information content (AvgIpc) is 2.92. The highest BCUT2D eigenvalue weighted by molar-refractivity contribution is 7.92. The van der Waals surface area contributed by atoms with E-state index in [0.717, 1.165) is 0 Å². The van der Waals surface area contributed by atoms with Crippen molar-refractivity contribution in [3.63, 3.8) is 0 Å². The average molecular weight is 553 g/mol. The lowest BCUT2D eigenvalue weighted by Gasteiger charge is -2.15. The minimum Gasteiger partial charge on any atom is -0.497 e. The van der Waals surface area contributed by atoms with Crippen LogP contribution in [0.1, 0.15) is 0 Å². The number of anilines is 4. The molecule has 0 aliphatic carbocycles. The number of benzene rings is 3. The summed E-state index contributed by atoms with van der Waals surface area (Å²) >= 11 is 0. The Morgan fingerprint density at radius 2 is 1.49 bits per heavy atom. The molecular formula is C25H24N6O7S. The number of hydrogen-bond acceptors (Lipinski definition) is 9. The fourth-order valence-corrected chi connectivity index (χ4v) is 4.52. The summed E-state index contributed by atoms with van der Waals surface area (Å²) < 4.78 is 39.8. The van der Waals surface area contributed by atoms with E-state index in [-0.39, 0.29) is 22.2 Å². The molecule has 0 unspecified atom stereocenters. The molecule has 1 heterocycles. The number of carboxylic acid groups (broad SMARTS) is 1. The van der Waals surface area contributed by atoms with Gasteiger partial charge < -0.3 is 30.5 Å². The molecule has 0 atom stereocenters. The van der Waals surface area contributed by atoms with Crippen LogP contribution in [0.2, 0.25) is 0 Å². The SMILES string of the molecule is COc1cc(Nc2nc3ccccc3nc2NS(=O)(=O)c2cccc(NC(=O)CNC(=O)O)c2)cc(OC)c1. The number of fused-ring (bicyclic) bond motifs is 1. The van der Waals surface area contributed by atoms with Crippen molar-refractivity contribution in [2.24, 2.45) is 0 Å². The number of carbonyl (C=O) groups is 2. The van der Waals surface area contributed by atoms with Gasteiger partial charge in [0.05, 0.1) is 30.1 Å². The maximum Gasteiger partial charge on any atom is 0.405 e. The van der Waals surface area contributed by atoms with Gasteiger partial charge in [-0.05, 0) is 30.3 Å². The number of sulfonamides is 1. The lowest BCUT2D eigenvalue weighted by molar-refractivity contribution is -0.115. The molecular weight excluding hydrogens is 528 g/mol. The predicted molar refractivity (Wildman–Crippen MR) is 144 cm³/mol. The highest BCUT2D eigenvalue weighted by Crippen LogP contribution is 2.31. The van der Waals surface area contributed by atoms with Crippen molar-refractivity contribution in [3.8, 4) is 11.5 Å². The first-order chi connectivity index (χ1) is 18.7. The van der Waals surface area contributed by atoms with Crippen molar-refractivity contribution in [2.75, 3.05) is 36.1 Å². The summed E-state index contributed by atoms with van der Waals surface area (Å²) in [4.78, 5) is 31.4. The van der Waals surface area contributed by atoms with Gasteiger partial charge in [-0.25, -0.2) is 23.2 Å². The highest BCUT2D eigenvalue weighted by atomic mass is 32.2. The molecule has 0 aliphatic rings. The molecule has 0 radical (unpaired) electrons. The number of amides is 2. The van der Waals surface area contributed by atoms with Gasteiger partial charge in [0.25, 0.3) is 10.0 Å².